The Balaban J connectivity index is -0.000000605. The Bertz CT molecular complexity index is 143. The summed E-state index contributed by atoms with van der Waals surface area (Å²) < 4.78 is 0. The van der Waals surface area contributed by atoms with Gasteiger partial charge in [0.15, 0.2) is 0 Å². The molecule has 14 heavy (non-hydrogen) atoms. The van der Waals surface area contributed by atoms with Crippen molar-refractivity contribution < 1.29 is 82.1 Å². The molecule has 7 nitrogen and oxygen atoms in total. The van der Waals surface area contributed by atoms with Crippen molar-refractivity contribution in [3.05, 3.63) is 0 Å². The maximum Gasteiger partial charge on any atom is 1.00 e. The van der Waals surface area contributed by atoms with Crippen LogP contribution in [0.3, 0.4) is 0 Å². The molecule has 0 radical (unpaired) electrons. The summed E-state index contributed by atoms with van der Waals surface area (Å²) in [6, 6.07) is 0. The van der Waals surface area contributed by atoms with Gasteiger partial charge in [-0.1, -0.05) is 0 Å². The van der Waals surface area contributed by atoms with Crippen LogP contribution >= 0.6 is 0 Å². The van der Waals surface area contributed by atoms with Gasteiger partial charge in [0.25, 0.3) is 0 Å². The molecule has 0 saturated carbocycles. The quantitative estimate of drug-likeness (QED) is 0.289. The predicted molar refractivity (Wildman–Crippen MR) is 41.6 cm³/mol. The SMILES string of the molecule is O=C(O)CNC(CO)(CO)CO.[K+].[OH-]. The van der Waals surface area contributed by atoms with Crippen LogP contribution in [0.4, 0.5) is 0 Å². The zero-order valence-electron chi connectivity index (χ0n) is 7.97. The van der Waals surface area contributed by atoms with E-state index >= 15 is 0 Å². The van der Waals surface area contributed by atoms with Gasteiger partial charge < -0.3 is 25.9 Å². The van der Waals surface area contributed by atoms with Crippen LogP contribution in [0.2, 0.25) is 0 Å². The molecule has 0 spiro atoms. The Morgan fingerprint density at radius 3 is 1.71 bits per heavy atom. The van der Waals surface area contributed by atoms with E-state index in [1.165, 1.54) is 0 Å². The fourth-order valence-electron chi connectivity index (χ4n) is 0.581. The van der Waals surface area contributed by atoms with Crippen LogP contribution in [0.1, 0.15) is 0 Å². The smallest absolute Gasteiger partial charge is 0.870 e. The molecule has 0 saturated heterocycles. The van der Waals surface area contributed by atoms with E-state index in [2.05, 4.69) is 5.32 Å². The van der Waals surface area contributed by atoms with Crippen molar-refractivity contribution in [3.8, 4) is 0 Å². The van der Waals surface area contributed by atoms with E-state index in [0.717, 1.165) is 0 Å². The Morgan fingerprint density at radius 1 is 1.14 bits per heavy atom. The summed E-state index contributed by atoms with van der Waals surface area (Å²) in [7, 11) is 0. The Morgan fingerprint density at radius 2 is 1.50 bits per heavy atom. The average molecular weight is 235 g/mol. The van der Waals surface area contributed by atoms with Gasteiger partial charge in [0.1, 0.15) is 0 Å². The van der Waals surface area contributed by atoms with Crippen molar-refractivity contribution in [3.63, 3.8) is 0 Å². The average Bonchev–Trinajstić information content (AvgIpc) is 2.08. The topological polar surface area (TPSA) is 140 Å². The molecule has 0 amide bonds. The van der Waals surface area contributed by atoms with Gasteiger partial charge in [0.2, 0.25) is 0 Å². The molecule has 0 aliphatic rings. The molecular formula is C6H14KNO6. The molecule has 0 aromatic rings. The number of hydrogen-bond acceptors (Lipinski definition) is 6. The molecule has 0 fully saturated rings. The maximum atomic E-state index is 10.1. The second kappa shape index (κ2) is 10.4. The molecule has 0 unspecified atom stereocenters. The third-order valence-corrected chi connectivity index (χ3v) is 1.52. The number of aliphatic hydroxyl groups excluding tert-OH is 3. The van der Waals surface area contributed by atoms with Crippen LogP contribution in [0.5, 0.6) is 0 Å². The monoisotopic (exact) mass is 235 g/mol. The molecule has 0 rings (SSSR count). The van der Waals surface area contributed by atoms with Gasteiger partial charge in [-0.2, -0.15) is 0 Å². The number of carboxylic acid groups (broad SMARTS) is 1. The number of carbonyl (C=O) groups is 1. The van der Waals surface area contributed by atoms with E-state index < -0.39 is 37.9 Å². The van der Waals surface area contributed by atoms with Gasteiger partial charge in [-0.3, -0.25) is 10.1 Å². The van der Waals surface area contributed by atoms with Crippen molar-refractivity contribution in [2.45, 2.75) is 5.54 Å². The number of aliphatic hydroxyl groups is 3. The Labute approximate surface area is 124 Å². The van der Waals surface area contributed by atoms with Crippen LogP contribution in [0.15, 0.2) is 0 Å². The molecule has 0 atom stereocenters. The van der Waals surface area contributed by atoms with Gasteiger partial charge in [-0.15, -0.1) is 0 Å². The van der Waals surface area contributed by atoms with Crippen molar-refractivity contribution in [1.82, 2.24) is 5.32 Å². The molecular weight excluding hydrogens is 221 g/mol. The molecule has 0 bridgehead atoms. The van der Waals surface area contributed by atoms with Gasteiger partial charge in [-0.05, 0) is 0 Å². The Kier molecular flexibility index (Phi) is 15.1. The number of carboxylic acids is 1. The van der Waals surface area contributed by atoms with Crippen LogP contribution < -0.4 is 56.7 Å². The van der Waals surface area contributed by atoms with Gasteiger partial charge >= 0.3 is 57.4 Å². The molecule has 0 heterocycles. The second-order valence-corrected chi connectivity index (χ2v) is 2.50. The summed E-state index contributed by atoms with van der Waals surface area (Å²) in [6.07, 6.45) is 0. The van der Waals surface area contributed by atoms with Crippen LogP contribution in [-0.4, -0.2) is 63.8 Å². The predicted octanol–water partition coefficient (Wildman–Crippen LogP) is -5.80. The van der Waals surface area contributed by atoms with E-state index in [9.17, 15) is 4.79 Å². The summed E-state index contributed by atoms with van der Waals surface area (Å²) in [6.45, 7) is -1.98. The Hall–Kier alpha value is 0.906. The zero-order valence-corrected chi connectivity index (χ0v) is 11.1. The van der Waals surface area contributed by atoms with Crippen molar-refractivity contribution >= 4 is 5.97 Å². The molecule has 8 heteroatoms. The summed E-state index contributed by atoms with van der Waals surface area (Å²) in [5.41, 5.74) is -1.31. The van der Waals surface area contributed by atoms with Gasteiger partial charge in [0, 0.05) is 0 Å². The van der Waals surface area contributed by atoms with Gasteiger partial charge in [-0.25, -0.2) is 0 Å². The molecule has 6 N–H and O–H groups in total. The first-order valence-electron chi connectivity index (χ1n) is 3.39. The third kappa shape index (κ3) is 7.23. The van der Waals surface area contributed by atoms with Crippen molar-refractivity contribution in [2.75, 3.05) is 26.4 Å². The number of rotatable bonds is 6. The molecule has 0 aliphatic heterocycles. The standard InChI is InChI=1S/C6H13NO5.K.H2O/c8-2-6(3-9,4-10)7-1-5(11)12;;/h7-10H,1-4H2,(H,11,12);;1H2/q;+1;/p-1. The van der Waals surface area contributed by atoms with E-state index in [-0.39, 0.29) is 56.9 Å². The number of nitrogens with one attached hydrogen (secondary N) is 1. The minimum Gasteiger partial charge on any atom is -0.870 e. The van der Waals surface area contributed by atoms with E-state index in [1.54, 1.807) is 0 Å². The fourth-order valence-corrected chi connectivity index (χ4v) is 0.581. The summed E-state index contributed by atoms with van der Waals surface area (Å²) in [5, 5.41) is 36.7. The number of aliphatic carboxylic acids is 1. The fraction of sp³-hybridized carbons (Fsp3) is 0.833. The van der Waals surface area contributed by atoms with E-state index in [0.29, 0.717) is 0 Å². The maximum absolute atomic E-state index is 10.1. The largest absolute Gasteiger partial charge is 1.00 e. The molecule has 0 aliphatic carbocycles. The van der Waals surface area contributed by atoms with Crippen LogP contribution in [0.25, 0.3) is 0 Å². The minimum absolute atomic E-state index is 0. The van der Waals surface area contributed by atoms with E-state index in [1.807, 2.05) is 0 Å². The van der Waals surface area contributed by atoms with Gasteiger partial charge in [0.05, 0.1) is 31.9 Å². The molecule has 0 aromatic carbocycles. The molecule has 80 valence electrons. The normalized spacial score (nSPS) is 9.93. The van der Waals surface area contributed by atoms with Crippen LogP contribution in [-0.2, 0) is 4.79 Å². The number of hydrogen-bond donors (Lipinski definition) is 5. The van der Waals surface area contributed by atoms with Crippen LogP contribution in [0, 0.1) is 0 Å². The minimum atomic E-state index is -1.31. The summed E-state index contributed by atoms with van der Waals surface area (Å²) in [5.74, 6) is -1.12. The second-order valence-electron chi connectivity index (χ2n) is 2.50. The summed E-state index contributed by atoms with van der Waals surface area (Å²) in [4.78, 5) is 10.1. The first kappa shape index (κ1) is 20.3. The van der Waals surface area contributed by atoms with E-state index in [4.69, 9.17) is 20.4 Å². The van der Waals surface area contributed by atoms with Crippen molar-refractivity contribution in [1.29, 1.82) is 0 Å². The third-order valence-electron chi connectivity index (χ3n) is 1.52. The first-order valence-corrected chi connectivity index (χ1v) is 3.39. The first-order chi connectivity index (χ1) is 5.60. The summed E-state index contributed by atoms with van der Waals surface area (Å²) >= 11 is 0. The molecule has 0 aromatic heterocycles. The van der Waals surface area contributed by atoms with Crippen molar-refractivity contribution in [2.24, 2.45) is 0 Å². The zero-order chi connectivity index (χ0) is 9.61.